The van der Waals surface area contributed by atoms with E-state index in [0.717, 1.165) is 5.69 Å². The Morgan fingerprint density at radius 3 is 2.47 bits per heavy atom. The van der Waals surface area contributed by atoms with Gasteiger partial charge in [0.05, 0.1) is 7.11 Å². The van der Waals surface area contributed by atoms with Crippen LogP contribution in [0.25, 0.3) is 0 Å². The molecule has 0 heterocycles. The molecule has 19 heavy (non-hydrogen) atoms. The van der Waals surface area contributed by atoms with E-state index >= 15 is 0 Å². The molecule has 1 amide bonds. The number of carbonyl (C=O) groups is 1. The first-order valence-corrected chi connectivity index (χ1v) is 6.24. The van der Waals surface area contributed by atoms with Crippen LogP contribution in [0.1, 0.15) is 27.7 Å². The Morgan fingerprint density at radius 2 is 1.95 bits per heavy atom. The van der Waals surface area contributed by atoms with Crippen molar-refractivity contribution in [3.8, 4) is 5.75 Å². The third-order valence-electron chi connectivity index (χ3n) is 2.44. The lowest BCUT2D eigenvalue weighted by atomic mass is 10.1. The zero-order valence-corrected chi connectivity index (χ0v) is 12.2. The fourth-order valence-electron chi connectivity index (χ4n) is 1.62. The molecule has 5 nitrogen and oxygen atoms in total. The molecular formula is C14H23N3O2. The first-order valence-electron chi connectivity index (χ1n) is 6.24. The largest absolute Gasteiger partial charge is 0.497 e. The number of methoxy groups -OCH3 is 1. The topological polar surface area (TPSA) is 76.4 Å². The van der Waals surface area contributed by atoms with E-state index in [2.05, 4.69) is 10.6 Å². The van der Waals surface area contributed by atoms with Crippen LogP contribution in [0, 0.1) is 0 Å². The highest BCUT2D eigenvalue weighted by atomic mass is 16.5. The number of carbonyl (C=O) groups excluding carboxylic acids is 1. The van der Waals surface area contributed by atoms with Gasteiger partial charge in [-0.05, 0) is 33.8 Å². The van der Waals surface area contributed by atoms with Gasteiger partial charge >= 0.3 is 0 Å². The van der Waals surface area contributed by atoms with Crippen molar-refractivity contribution >= 4 is 17.3 Å². The van der Waals surface area contributed by atoms with Crippen molar-refractivity contribution < 1.29 is 9.53 Å². The van der Waals surface area contributed by atoms with E-state index in [4.69, 9.17) is 10.5 Å². The molecular weight excluding hydrogens is 242 g/mol. The van der Waals surface area contributed by atoms with E-state index in [-0.39, 0.29) is 17.5 Å². The molecule has 0 aromatic heterocycles. The molecule has 0 aliphatic heterocycles. The van der Waals surface area contributed by atoms with E-state index in [1.54, 1.807) is 32.2 Å². The van der Waals surface area contributed by atoms with Crippen LogP contribution in [0.4, 0.5) is 11.4 Å². The van der Waals surface area contributed by atoms with Crippen LogP contribution in [0.5, 0.6) is 5.75 Å². The van der Waals surface area contributed by atoms with Gasteiger partial charge in [0.25, 0.3) is 0 Å². The average Bonchev–Trinajstić information content (AvgIpc) is 2.25. The molecule has 1 rings (SSSR count). The van der Waals surface area contributed by atoms with Crippen LogP contribution < -0.4 is 21.1 Å². The van der Waals surface area contributed by atoms with Gasteiger partial charge in [-0.15, -0.1) is 0 Å². The van der Waals surface area contributed by atoms with Gasteiger partial charge in [-0.25, -0.2) is 0 Å². The van der Waals surface area contributed by atoms with Gasteiger partial charge in [0.1, 0.15) is 11.8 Å². The molecule has 0 aliphatic carbocycles. The SMILES string of the molecule is COc1cc(N)cc(NC(C)C(=O)NC(C)(C)C)c1. The molecule has 1 aromatic carbocycles. The van der Waals surface area contributed by atoms with Crippen LogP contribution in [-0.2, 0) is 4.79 Å². The van der Waals surface area contributed by atoms with Gasteiger partial charge in [-0.3, -0.25) is 4.79 Å². The Morgan fingerprint density at radius 1 is 1.32 bits per heavy atom. The Balaban J connectivity index is 2.74. The lowest BCUT2D eigenvalue weighted by Crippen LogP contribution is -2.47. The smallest absolute Gasteiger partial charge is 0.242 e. The third-order valence-corrected chi connectivity index (χ3v) is 2.44. The molecule has 0 saturated carbocycles. The molecule has 0 bridgehead atoms. The Hall–Kier alpha value is -1.91. The minimum absolute atomic E-state index is 0.0612. The highest BCUT2D eigenvalue weighted by Gasteiger charge is 2.19. The number of amides is 1. The van der Waals surface area contributed by atoms with Crippen molar-refractivity contribution in [1.29, 1.82) is 0 Å². The highest BCUT2D eigenvalue weighted by molar-refractivity contribution is 5.85. The molecule has 0 spiro atoms. The van der Waals surface area contributed by atoms with E-state index < -0.39 is 0 Å². The number of hydrogen-bond acceptors (Lipinski definition) is 4. The number of nitrogens with one attached hydrogen (secondary N) is 2. The van der Waals surface area contributed by atoms with Crippen molar-refractivity contribution in [3.63, 3.8) is 0 Å². The van der Waals surface area contributed by atoms with Gasteiger partial charge in [0.2, 0.25) is 5.91 Å². The number of ether oxygens (including phenoxy) is 1. The number of nitrogen functional groups attached to an aromatic ring is 1. The molecule has 1 unspecified atom stereocenters. The second-order valence-corrected chi connectivity index (χ2v) is 5.60. The first kappa shape index (κ1) is 15.1. The third kappa shape index (κ3) is 5.07. The van der Waals surface area contributed by atoms with E-state index in [9.17, 15) is 4.79 Å². The van der Waals surface area contributed by atoms with Crippen LogP contribution in [0.3, 0.4) is 0 Å². The zero-order valence-electron chi connectivity index (χ0n) is 12.2. The summed E-state index contributed by atoms with van der Waals surface area (Å²) in [4.78, 5) is 12.0. The maximum absolute atomic E-state index is 12.0. The molecule has 0 saturated heterocycles. The predicted molar refractivity (Wildman–Crippen MR) is 78.4 cm³/mol. The van der Waals surface area contributed by atoms with Crippen molar-refractivity contribution in [2.75, 3.05) is 18.2 Å². The fraction of sp³-hybridized carbons (Fsp3) is 0.500. The molecule has 5 heteroatoms. The summed E-state index contributed by atoms with van der Waals surface area (Å²) in [5, 5.41) is 6.03. The lowest BCUT2D eigenvalue weighted by Gasteiger charge is -2.24. The molecule has 0 fully saturated rings. The Kier molecular flexibility index (Phi) is 4.64. The fourth-order valence-corrected chi connectivity index (χ4v) is 1.62. The van der Waals surface area contributed by atoms with Crippen LogP contribution in [0.15, 0.2) is 18.2 Å². The molecule has 0 radical (unpaired) electrons. The number of rotatable bonds is 4. The summed E-state index contributed by atoms with van der Waals surface area (Å²) in [5.74, 6) is 0.597. The molecule has 106 valence electrons. The maximum Gasteiger partial charge on any atom is 0.242 e. The Bertz CT molecular complexity index is 452. The quantitative estimate of drug-likeness (QED) is 0.728. The minimum Gasteiger partial charge on any atom is -0.497 e. The summed E-state index contributed by atoms with van der Waals surface area (Å²) in [7, 11) is 1.58. The monoisotopic (exact) mass is 265 g/mol. The highest BCUT2D eigenvalue weighted by Crippen LogP contribution is 2.22. The number of anilines is 2. The lowest BCUT2D eigenvalue weighted by molar-refractivity contribution is -0.122. The summed E-state index contributed by atoms with van der Waals surface area (Å²) < 4.78 is 5.14. The maximum atomic E-state index is 12.0. The minimum atomic E-state index is -0.356. The summed E-state index contributed by atoms with van der Waals surface area (Å²) in [6, 6.07) is 4.94. The summed E-state index contributed by atoms with van der Waals surface area (Å²) in [5.41, 5.74) is 6.86. The van der Waals surface area contributed by atoms with E-state index in [1.165, 1.54) is 0 Å². The summed E-state index contributed by atoms with van der Waals surface area (Å²) in [6.45, 7) is 7.64. The van der Waals surface area contributed by atoms with Gasteiger partial charge in [-0.1, -0.05) is 0 Å². The summed E-state index contributed by atoms with van der Waals surface area (Å²) in [6.07, 6.45) is 0. The van der Waals surface area contributed by atoms with Crippen LogP contribution in [0.2, 0.25) is 0 Å². The zero-order chi connectivity index (χ0) is 14.6. The van der Waals surface area contributed by atoms with Gasteiger partial charge in [0, 0.05) is 29.0 Å². The normalized spacial score (nSPS) is 12.7. The van der Waals surface area contributed by atoms with Crippen molar-refractivity contribution in [2.45, 2.75) is 39.3 Å². The van der Waals surface area contributed by atoms with Gasteiger partial charge in [0.15, 0.2) is 0 Å². The summed E-state index contributed by atoms with van der Waals surface area (Å²) >= 11 is 0. The van der Waals surface area contributed by atoms with Crippen molar-refractivity contribution in [1.82, 2.24) is 5.32 Å². The standard InChI is InChI=1S/C14H23N3O2/c1-9(13(18)17-14(2,3)4)16-11-6-10(15)7-12(8-11)19-5/h6-9,16H,15H2,1-5H3,(H,17,18). The second kappa shape index (κ2) is 5.82. The first-order chi connectivity index (χ1) is 8.71. The Labute approximate surface area is 114 Å². The molecule has 1 aromatic rings. The van der Waals surface area contributed by atoms with E-state index in [1.807, 2.05) is 20.8 Å². The van der Waals surface area contributed by atoms with E-state index in [0.29, 0.717) is 11.4 Å². The number of nitrogens with two attached hydrogens (primary N) is 1. The van der Waals surface area contributed by atoms with Gasteiger partial charge in [-0.2, -0.15) is 0 Å². The van der Waals surface area contributed by atoms with Crippen molar-refractivity contribution in [3.05, 3.63) is 18.2 Å². The predicted octanol–water partition coefficient (Wildman–Crippen LogP) is 1.99. The van der Waals surface area contributed by atoms with Crippen LogP contribution in [-0.4, -0.2) is 24.6 Å². The average molecular weight is 265 g/mol. The van der Waals surface area contributed by atoms with Gasteiger partial charge < -0.3 is 21.1 Å². The molecule has 0 aliphatic rings. The number of hydrogen-bond donors (Lipinski definition) is 3. The molecule has 1 atom stereocenters. The second-order valence-electron chi connectivity index (χ2n) is 5.60. The van der Waals surface area contributed by atoms with Crippen molar-refractivity contribution in [2.24, 2.45) is 0 Å². The number of benzene rings is 1. The molecule has 4 N–H and O–H groups in total. The van der Waals surface area contributed by atoms with Crippen LogP contribution >= 0.6 is 0 Å².